The predicted octanol–water partition coefficient (Wildman–Crippen LogP) is 3.17. The van der Waals surface area contributed by atoms with Crippen molar-refractivity contribution in [2.24, 2.45) is 0 Å². The van der Waals surface area contributed by atoms with Gasteiger partial charge in [0.2, 0.25) is 5.91 Å². The normalized spacial score (nSPS) is 17.0. The minimum Gasteiger partial charge on any atom is -0.343 e. The Morgan fingerprint density at radius 2 is 2.20 bits per heavy atom. The summed E-state index contributed by atoms with van der Waals surface area (Å²) in [7, 11) is 0. The molecule has 0 radical (unpaired) electrons. The summed E-state index contributed by atoms with van der Waals surface area (Å²) >= 11 is 6.08. The number of urea groups is 1. The number of amides is 3. The highest BCUT2D eigenvalue weighted by atomic mass is 35.5. The van der Waals surface area contributed by atoms with Crippen LogP contribution in [0.15, 0.2) is 18.2 Å². The van der Waals surface area contributed by atoms with Gasteiger partial charge in [-0.2, -0.15) is 0 Å². The minimum atomic E-state index is -0.390. The van der Waals surface area contributed by atoms with Crippen molar-refractivity contribution < 1.29 is 14.0 Å². The van der Waals surface area contributed by atoms with Crippen molar-refractivity contribution in [3.8, 4) is 0 Å². The Bertz CT molecular complexity index is 631. The van der Waals surface area contributed by atoms with Gasteiger partial charge in [0.05, 0.1) is 6.54 Å². The van der Waals surface area contributed by atoms with Crippen LogP contribution in [-0.4, -0.2) is 47.4 Å². The molecule has 1 heterocycles. The van der Waals surface area contributed by atoms with Crippen molar-refractivity contribution in [1.29, 1.82) is 0 Å². The van der Waals surface area contributed by atoms with Crippen LogP contribution in [0.25, 0.3) is 0 Å². The molecule has 1 aromatic carbocycles. The third-order valence-electron chi connectivity index (χ3n) is 4.69. The largest absolute Gasteiger partial charge is 0.343 e. The highest BCUT2D eigenvalue weighted by Gasteiger charge is 2.33. The molecule has 1 aliphatic carbocycles. The lowest BCUT2D eigenvalue weighted by Crippen LogP contribution is -2.42. The Morgan fingerprint density at radius 3 is 2.84 bits per heavy atom. The molecule has 5 nitrogen and oxygen atoms in total. The van der Waals surface area contributed by atoms with Gasteiger partial charge in [0.15, 0.2) is 0 Å². The fraction of sp³-hybridized carbons (Fsp3) is 0.556. The second kappa shape index (κ2) is 8.04. The second-order valence-electron chi connectivity index (χ2n) is 6.63. The van der Waals surface area contributed by atoms with Gasteiger partial charge in [-0.1, -0.05) is 17.7 Å². The molecule has 0 unspecified atom stereocenters. The van der Waals surface area contributed by atoms with E-state index in [9.17, 15) is 14.0 Å². The Labute approximate surface area is 152 Å². The number of carbonyl (C=O) groups excluding carboxylic acids is 2. The van der Waals surface area contributed by atoms with Gasteiger partial charge in [-0.25, -0.2) is 9.18 Å². The highest BCUT2D eigenvalue weighted by Crippen LogP contribution is 2.30. The molecule has 1 saturated carbocycles. The van der Waals surface area contributed by atoms with Gasteiger partial charge in [-0.05, 0) is 37.8 Å². The molecule has 136 valence electrons. The summed E-state index contributed by atoms with van der Waals surface area (Å²) in [6.45, 7) is 2.15. The molecule has 0 aromatic heterocycles. The number of nitrogens with one attached hydrogen (secondary N) is 1. The number of hydrogen-bond acceptors (Lipinski definition) is 2. The van der Waals surface area contributed by atoms with Gasteiger partial charge in [0.1, 0.15) is 5.82 Å². The van der Waals surface area contributed by atoms with Crippen molar-refractivity contribution in [3.05, 3.63) is 34.6 Å². The van der Waals surface area contributed by atoms with Crippen molar-refractivity contribution in [2.45, 2.75) is 44.7 Å². The first-order valence-electron chi connectivity index (χ1n) is 8.81. The summed E-state index contributed by atoms with van der Waals surface area (Å²) in [5.74, 6) is -0.196. The fourth-order valence-electron chi connectivity index (χ4n) is 3.11. The molecule has 1 N–H and O–H groups in total. The van der Waals surface area contributed by atoms with E-state index in [-0.39, 0.29) is 24.5 Å². The molecule has 7 heteroatoms. The number of rotatable bonds is 7. The number of carbonyl (C=O) groups is 2. The smallest absolute Gasteiger partial charge is 0.317 e. The molecule has 1 saturated heterocycles. The molecule has 0 atom stereocenters. The van der Waals surface area contributed by atoms with E-state index in [1.807, 2.05) is 4.90 Å². The van der Waals surface area contributed by atoms with Crippen molar-refractivity contribution >= 4 is 23.5 Å². The SMILES string of the molecule is O=C1CCCN1CCCNC(=O)N(Cc1c(F)cccc1Cl)C1CC1. The van der Waals surface area contributed by atoms with Crippen molar-refractivity contribution in [1.82, 2.24) is 15.1 Å². The zero-order chi connectivity index (χ0) is 17.8. The Balaban J connectivity index is 1.50. The number of hydrogen-bond donors (Lipinski definition) is 1. The highest BCUT2D eigenvalue weighted by molar-refractivity contribution is 6.31. The maximum Gasteiger partial charge on any atom is 0.317 e. The lowest BCUT2D eigenvalue weighted by Gasteiger charge is -2.24. The van der Waals surface area contributed by atoms with Crippen LogP contribution in [0.2, 0.25) is 5.02 Å². The fourth-order valence-corrected chi connectivity index (χ4v) is 3.34. The van der Waals surface area contributed by atoms with Crippen LogP contribution in [0.1, 0.15) is 37.7 Å². The van der Waals surface area contributed by atoms with E-state index in [1.54, 1.807) is 17.0 Å². The van der Waals surface area contributed by atoms with E-state index in [0.29, 0.717) is 30.1 Å². The third kappa shape index (κ3) is 4.63. The number of benzene rings is 1. The average Bonchev–Trinajstić information content (AvgIpc) is 3.33. The van der Waals surface area contributed by atoms with Crippen LogP contribution in [0.5, 0.6) is 0 Å². The first-order chi connectivity index (χ1) is 12.1. The Hall–Kier alpha value is -1.82. The summed E-state index contributed by atoms with van der Waals surface area (Å²) < 4.78 is 14.0. The molecule has 3 amide bonds. The molecule has 0 bridgehead atoms. The molecule has 2 aliphatic rings. The minimum absolute atomic E-state index is 0.149. The van der Waals surface area contributed by atoms with Crippen LogP contribution in [0.4, 0.5) is 9.18 Å². The number of likely N-dealkylation sites (tertiary alicyclic amines) is 1. The summed E-state index contributed by atoms with van der Waals surface area (Å²) in [4.78, 5) is 27.5. The van der Waals surface area contributed by atoms with Gasteiger partial charge in [-0.3, -0.25) is 4.79 Å². The Kier molecular flexibility index (Phi) is 5.78. The molecular weight excluding hydrogens is 345 g/mol. The van der Waals surface area contributed by atoms with E-state index in [2.05, 4.69) is 5.32 Å². The van der Waals surface area contributed by atoms with Crippen LogP contribution in [0.3, 0.4) is 0 Å². The quantitative estimate of drug-likeness (QED) is 0.752. The maximum atomic E-state index is 14.0. The zero-order valence-electron chi connectivity index (χ0n) is 14.1. The van der Waals surface area contributed by atoms with Crippen LogP contribution in [0, 0.1) is 5.82 Å². The summed E-state index contributed by atoms with van der Waals surface area (Å²) in [5, 5.41) is 3.22. The van der Waals surface area contributed by atoms with Crippen molar-refractivity contribution in [2.75, 3.05) is 19.6 Å². The third-order valence-corrected chi connectivity index (χ3v) is 5.05. The second-order valence-corrected chi connectivity index (χ2v) is 7.04. The summed E-state index contributed by atoms with van der Waals surface area (Å²) in [6, 6.07) is 4.50. The van der Waals surface area contributed by atoms with Gasteiger partial charge in [0, 0.05) is 42.7 Å². The topological polar surface area (TPSA) is 52.7 Å². The first-order valence-corrected chi connectivity index (χ1v) is 9.19. The Morgan fingerprint density at radius 1 is 1.40 bits per heavy atom. The monoisotopic (exact) mass is 367 g/mol. The van der Waals surface area contributed by atoms with Crippen LogP contribution >= 0.6 is 11.6 Å². The molecule has 1 aliphatic heterocycles. The van der Waals surface area contributed by atoms with E-state index >= 15 is 0 Å². The maximum absolute atomic E-state index is 14.0. The van der Waals surface area contributed by atoms with Gasteiger partial charge < -0.3 is 15.1 Å². The van der Waals surface area contributed by atoms with Crippen LogP contribution < -0.4 is 5.32 Å². The first kappa shape index (κ1) is 18.0. The molecule has 0 spiro atoms. The molecule has 2 fully saturated rings. The van der Waals surface area contributed by atoms with Gasteiger partial charge >= 0.3 is 6.03 Å². The van der Waals surface area contributed by atoms with Crippen LogP contribution in [-0.2, 0) is 11.3 Å². The molecule has 25 heavy (non-hydrogen) atoms. The predicted molar refractivity (Wildman–Crippen MR) is 93.8 cm³/mol. The average molecular weight is 368 g/mol. The van der Waals surface area contributed by atoms with Gasteiger partial charge in [0.25, 0.3) is 0 Å². The zero-order valence-corrected chi connectivity index (χ0v) is 14.9. The number of halogens is 2. The summed E-state index contributed by atoms with van der Waals surface area (Å²) in [6.07, 6.45) is 4.13. The van der Waals surface area contributed by atoms with E-state index < -0.39 is 5.82 Å². The van der Waals surface area contributed by atoms with Gasteiger partial charge in [-0.15, -0.1) is 0 Å². The molecular formula is C18H23ClFN3O2. The number of nitrogens with zero attached hydrogens (tertiary/aromatic N) is 2. The molecule has 3 rings (SSSR count). The van der Waals surface area contributed by atoms with Crippen molar-refractivity contribution in [3.63, 3.8) is 0 Å². The lowest BCUT2D eigenvalue weighted by atomic mass is 10.2. The molecule has 1 aromatic rings. The van der Waals surface area contributed by atoms with E-state index in [1.165, 1.54) is 6.07 Å². The summed E-state index contributed by atoms with van der Waals surface area (Å²) in [5.41, 5.74) is 0.355. The van der Waals surface area contributed by atoms with E-state index in [0.717, 1.165) is 32.2 Å². The standard InChI is InChI=1S/C18H23ClFN3O2/c19-15-4-1-5-16(20)14(15)12-23(13-7-8-13)18(25)21-9-3-11-22-10-2-6-17(22)24/h1,4-5,13H,2-3,6-12H2,(H,21,25). The van der Waals surface area contributed by atoms with E-state index in [4.69, 9.17) is 11.6 Å². The lowest BCUT2D eigenvalue weighted by molar-refractivity contribution is -0.127.